The molecule has 0 saturated carbocycles. The first-order chi connectivity index (χ1) is 14.8. The van der Waals surface area contributed by atoms with Crippen LogP contribution in [0.25, 0.3) is 0 Å². The van der Waals surface area contributed by atoms with Gasteiger partial charge in [-0.15, -0.1) is 11.8 Å². The standard InChI is InChI=1S/C21H25BrClN3O4S/c1-24-18(28)14-15-20(30)26(8-2-3-9-27)17(21(15)10-13(22)16(14)31-21)19(29)25-12-6-4-11(23)5-7-12/h4-7,13-17,27H,2-3,8-10H2,1H3,(H,24,28)(H,25,29)/t13?,14-,15+,16-,17?,21?/m1/s1. The van der Waals surface area contributed by atoms with E-state index in [1.165, 1.54) is 0 Å². The maximum Gasteiger partial charge on any atom is 0.248 e. The lowest BCUT2D eigenvalue weighted by molar-refractivity contribution is -0.139. The second-order valence-corrected chi connectivity index (χ2v) is 11.4. The molecule has 3 N–H and O–H groups in total. The van der Waals surface area contributed by atoms with Crippen LogP contribution in [-0.4, -0.2) is 68.8 Å². The Morgan fingerprint density at radius 3 is 2.65 bits per heavy atom. The number of thioether (sulfide) groups is 1. The maximum atomic E-state index is 13.6. The molecule has 1 aromatic carbocycles. The summed E-state index contributed by atoms with van der Waals surface area (Å²) in [6, 6.07) is 6.15. The average molecular weight is 531 g/mol. The van der Waals surface area contributed by atoms with E-state index in [2.05, 4.69) is 26.6 Å². The third kappa shape index (κ3) is 3.77. The Morgan fingerprint density at radius 1 is 1.29 bits per heavy atom. The summed E-state index contributed by atoms with van der Waals surface area (Å²) >= 11 is 11.3. The number of anilines is 1. The van der Waals surface area contributed by atoms with Crippen molar-refractivity contribution in [2.45, 2.75) is 40.1 Å². The van der Waals surface area contributed by atoms with Crippen LogP contribution in [0.2, 0.25) is 5.02 Å². The van der Waals surface area contributed by atoms with Gasteiger partial charge < -0.3 is 20.6 Å². The number of rotatable bonds is 7. The summed E-state index contributed by atoms with van der Waals surface area (Å²) in [5.41, 5.74) is 0.604. The fourth-order valence-corrected chi connectivity index (χ4v) is 9.01. The molecule has 3 fully saturated rings. The second kappa shape index (κ2) is 8.92. The van der Waals surface area contributed by atoms with E-state index in [1.54, 1.807) is 48.0 Å². The predicted molar refractivity (Wildman–Crippen MR) is 124 cm³/mol. The number of aliphatic hydroxyl groups is 1. The van der Waals surface area contributed by atoms with Gasteiger partial charge in [0.25, 0.3) is 0 Å². The van der Waals surface area contributed by atoms with Crippen LogP contribution < -0.4 is 10.6 Å². The molecule has 10 heteroatoms. The molecule has 3 heterocycles. The van der Waals surface area contributed by atoms with E-state index in [-0.39, 0.29) is 34.4 Å². The van der Waals surface area contributed by atoms with Gasteiger partial charge in [-0.3, -0.25) is 14.4 Å². The Morgan fingerprint density at radius 2 is 2.00 bits per heavy atom. The number of likely N-dealkylation sites (tertiary alicyclic amines) is 1. The Labute approximate surface area is 198 Å². The zero-order chi connectivity index (χ0) is 22.3. The lowest BCUT2D eigenvalue weighted by atomic mass is 9.70. The van der Waals surface area contributed by atoms with Gasteiger partial charge in [0, 0.05) is 41.0 Å². The first-order valence-electron chi connectivity index (χ1n) is 10.4. The summed E-state index contributed by atoms with van der Waals surface area (Å²) in [7, 11) is 1.58. The van der Waals surface area contributed by atoms with Crippen LogP contribution in [0.1, 0.15) is 19.3 Å². The summed E-state index contributed by atoms with van der Waals surface area (Å²) in [5, 5.41) is 15.4. The summed E-state index contributed by atoms with van der Waals surface area (Å²) < 4.78 is -0.664. The van der Waals surface area contributed by atoms with Gasteiger partial charge in [-0.25, -0.2) is 0 Å². The molecule has 6 atom stereocenters. The number of alkyl halides is 1. The Bertz CT molecular complexity index is 888. The summed E-state index contributed by atoms with van der Waals surface area (Å²) in [4.78, 5) is 41.5. The molecule has 1 spiro atoms. The van der Waals surface area contributed by atoms with Crippen molar-refractivity contribution in [1.29, 1.82) is 0 Å². The molecule has 1 aromatic rings. The number of aliphatic hydroxyl groups excluding tert-OH is 1. The number of nitrogens with one attached hydrogen (secondary N) is 2. The van der Waals surface area contributed by atoms with Crippen molar-refractivity contribution in [3.05, 3.63) is 29.3 Å². The van der Waals surface area contributed by atoms with Gasteiger partial charge in [0.2, 0.25) is 17.7 Å². The number of benzene rings is 1. The number of carbonyl (C=O) groups is 3. The Balaban J connectivity index is 1.69. The van der Waals surface area contributed by atoms with Crippen LogP contribution in [0.4, 0.5) is 5.69 Å². The van der Waals surface area contributed by atoms with Gasteiger partial charge in [0.05, 0.1) is 16.6 Å². The van der Waals surface area contributed by atoms with Crippen LogP contribution >= 0.6 is 39.3 Å². The van der Waals surface area contributed by atoms with E-state index in [1.807, 2.05) is 0 Å². The van der Waals surface area contributed by atoms with Gasteiger partial charge in [0.1, 0.15) is 6.04 Å². The number of nitrogens with zero attached hydrogens (tertiary/aromatic N) is 1. The van der Waals surface area contributed by atoms with Crippen molar-refractivity contribution in [3.63, 3.8) is 0 Å². The lowest BCUT2D eigenvalue weighted by Crippen LogP contribution is -2.53. The number of carbonyl (C=O) groups excluding carboxylic acids is 3. The molecule has 3 saturated heterocycles. The quantitative estimate of drug-likeness (QED) is 0.371. The SMILES string of the molecule is CNC(=O)[C@H]1[C@@H]2SC3(CC2Br)C(C(=O)Nc2ccc(Cl)cc2)N(CCCCO)C(=O)[C@H]13. The molecule has 4 rings (SSSR count). The van der Waals surface area contributed by atoms with Crippen molar-refractivity contribution >= 4 is 62.7 Å². The van der Waals surface area contributed by atoms with Gasteiger partial charge in [-0.05, 0) is 43.5 Å². The first-order valence-corrected chi connectivity index (χ1v) is 12.5. The largest absolute Gasteiger partial charge is 0.396 e. The molecule has 168 valence electrons. The molecule has 3 unspecified atom stereocenters. The second-order valence-electron chi connectivity index (χ2n) is 8.24. The maximum absolute atomic E-state index is 13.6. The highest BCUT2D eigenvalue weighted by molar-refractivity contribution is 9.09. The highest BCUT2D eigenvalue weighted by Crippen LogP contribution is 2.67. The van der Waals surface area contributed by atoms with Gasteiger partial charge in [-0.1, -0.05) is 27.5 Å². The molecule has 7 nitrogen and oxygen atoms in total. The average Bonchev–Trinajstić information content (AvgIpc) is 3.33. The minimum atomic E-state index is -0.691. The minimum Gasteiger partial charge on any atom is -0.396 e. The summed E-state index contributed by atoms with van der Waals surface area (Å²) in [5.74, 6) is -1.57. The van der Waals surface area contributed by atoms with E-state index < -0.39 is 22.6 Å². The third-order valence-electron chi connectivity index (χ3n) is 6.51. The van der Waals surface area contributed by atoms with Gasteiger partial charge in [-0.2, -0.15) is 0 Å². The number of amides is 3. The molecule has 0 radical (unpaired) electrons. The molecule has 31 heavy (non-hydrogen) atoms. The molecule has 0 aromatic heterocycles. The van der Waals surface area contributed by atoms with Crippen LogP contribution in [0.3, 0.4) is 0 Å². The van der Waals surface area contributed by atoms with Crippen molar-refractivity contribution < 1.29 is 19.5 Å². The molecule has 3 amide bonds. The van der Waals surface area contributed by atoms with Crippen molar-refractivity contribution in [2.24, 2.45) is 11.8 Å². The number of hydrogen-bond acceptors (Lipinski definition) is 5. The zero-order valence-electron chi connectivity index (χ0n) is 17.0. The van der Waals surface area contributed by atoms with E-state index in [0.29, 0.717) is 36.5 Å². The van der Waals surface area contributed by atoms with Crippen molar-refractivity contribution in [3.8, 4) is 0 Å². The zero-order valence-corrected chi connectivity index (χ0v) is 20.2. The number of halogens is 2. The normalized spacial score (nSPS) is 33.5. The number of hydrogen-bond donors (Lipinski definition) is 3. The third-order valence-corrected chi connectivity index (χ3v) is 9.98. The smallest absolute Gasteiger partial charge is 0.248 e. The lowest BCUT2D eigenvalue weighted by Gasteiger charge is -2.35. The van der Waals surface area contributed by atoms with Crippen molar-refractivity contribution in [2.75, 3.05) is 25.5 Å². The van der Waals surface area contributed by atoms with E-state index in [9.17, 15) is 19.5 Å². The fraction of sp³-hybridized carbons (Fsp3) is 0.571. The van der Waals surface area contributed by atoms with E-state index >= 15 is 0 Å². The molecule has 2 bridgehead atoms. The number of unbranched alkanes of at least 4 members (excludes halogenated alkanes) is 1. The van der Waals surface area contributed by atoms with E-state index in [0.717, 1.165) is 0 Å². The number of fused-ring (bicyclic) bond motifs is 1. The highest BCUT2D eigenvalue weighted by Gasteiger charge is 2.75. The molecular weight excluding hydrogens is 506 g/mol. The van der Waals surface area contributed by atoms with Gasteiger partial charge >= 0.3 is 0 Å². The molecular formula is C21H25BrClN3O4S. The fourth-order valence-electron chi connectivity index (χ4n) is 5.27. The summed E-state index contributed by atoms with van der Waals surface area (Å²) in [6.45, 7) is 0.397. The Kier molecular flexibility index (Phi) is 6.59. The monoisotopic (exact) mass is 529 g/mol. The predicted octanol–water partition coefficient (Wildman–Crippen LogP) is 2.26. The highest BCUT2D eigenvalue weighted by atomic mass is 79.9. The Hall–Kier alpha value is -1.29. The summed E-state index contributed by atoms with van der Waals surface area (Å²) in [6.07, 6.45) is 1.77. The van der Waals surface area contributed by atoms with Crippen LogP contribution in [-0.2, 0) is 14.4 Å². The van der Waals surface area contributed by atoms with Gasteiger partial charge in [0.15, 0.2) is 0 Å². The van der Waals surface area contributed by atoms with Crippen LogP contribution in [0.15, 0.2) is 24.3 Å². The first kappa shape index (κ1) is 22.9. The molecule has 3 aliphatic rings. The topological polar surface area (TPSA) is 98.7 Å². The molecule has 3 aliphatic heterocycles. The van der Waals surface area contributed by atoms with Crippen LogP contribution in [0, 0.1) is 11.8 Å². The van der Waals surface area contributed by atoms with E-state index in [4.69, 9.17) is 11.6 Å². The van der Waals surface area contributed by atoms with Crippen molar-refractivity contribution in [1.82, 2.24) is 10.2 Å². The minimum absolute atomic E-state index is 0.0272. The molecule has 0 aliphatic carbocycles. The van der Waals surface area contributed by atoms with Crippen LogP contribution in [0.5, 0.6) is 0 Å².